The smallest absolute Gasteiger partial charge is 0.257 e. The summed E-state index contributed by atoms with van der Waals surface area (Å²) in [6.07, 6.45) is 3.51. The molecule has 2 heterocycles. The third kappa shape index (κ3) is 3.21. The zero-order chi connectivity index (χ0) is 17.3. The molecule has 0 N–H and O–H groups in total. The lowest BCUT2D eigenvalue weighted by atomic mass is 9.91. The number of aromatic nitrogens is 2. The molecule has 0 radical (unpaired) electrons. The monoisotopic (exact) mass is 329 g/mol. The van der Waals surface area contributed by atoms with Gasteiger partial charge in [0.05, 0.1) is 23.1 Å². The van der Waals surface area contributed by atoms with Gasteiger partial charge in [0.1, 0.15) is 5.82 Å². The molecule has 1 aliphatic rings. The number of nitrogens with zero attached hydrogens (tertiary/aromatic N) is 3. The Kier molecular flexibility index (Phi) is 4.69. The third-order valence-corrected chi connectivity index (χ3v) is 4.66. The predicted molar refractivity (Wildman–Crippen MR) is 91.7 cm³/mol. The lowest BCUT2D eigenvalue weighted by Crippen LogP contribution is -2.42. The highest BCUT2D eigenvalue weighted by molar-refractivity contribution is 5.95. The molecular weight excluding hydrogens is 305 g/mol. The predicted octanol–water partition coefficient (Wildman–Crippen LogP) is 3.69. The zero-order valence-corrected chi connectivity index (χ0v) is 14.5. The summed E-state index contributed by atoms with van der Waals surface area (Å²) >= 11 is 0. The molecule has 1 aromatic heterocycles. The first-order valence-electron chi connectivity index (χ1n) is 8.61. The second-order valence-electron chi connectivity index (χ2n) is 6.90. The van der Waals surface area contributed by atoms with Crippen LogP contribution in [0.3, 0.4) is 0 Å². The second-order valence-corrected chi connectivity index (χ2v) is 6.90. The van der Waals surface area contributed by atoms with E-state index in [-0.39, 0.29) is 11.7 Å². The minimum Gasteiger partial charge on any atom is -0.338 e. The number of benzene rings is 1. The normalized spacial score (nSPS) is 21.1. The molecule has 24 heavy (non-hydrogen) atoms. The average molecular weight is 329 g/mol. The number of piperidine rings is 1. The topological polar surface area (TPSA) is 38.1 Å². The number of rotatable bonds is 3. The maximum absolute atomic E-state index is 13.1. The SMILES string of the molecule is CCc1c(C(=O)N2CC(C)CC(C)C2)cnn1-c1ccc(F)cc1. The van der Waals surface area contributed by atoms with E-state index in [0.717, 1.165) is 24.5 Å². The summed E-state index contributed by atoms with van der Waals surface area (Å²) in [4.78, 5) is 14.9. The van der Waals surface area contributed by atoms with E-state index in [1.807, 2.05) is 11.8 Å². The molecule has 1 fully saturated rings. The molecule has 1 amide bonds. The molecule has 4 nitrogen and oxygen atoms in total. The van der Waals surface area contributed by atoms with Crippen LogP contribution in [-0.2, 0) is 6.42 Å². The van der Waals surface area contributed by atoms with Crippen LogP contribution in [0.2, 0.25) is 0 Å². The molecule has 0 saturated carbocycles. The van der Waals surface area contributed by atoms with Crippen LogP contribution < -0.4 is 0 Å². The molecule has 1 aliphatic heterocycles. The highest BCUT2D eigenvalue weighted by atomic mass is 19.1. The number of carbonyl (C=O) groups excluding carboxylic acids is 1. The van der Waals surface area contributed by atoms with Gasteiger partial charge >= 0.3 is 0 Å². The molecular formula is C19H24FN3O. The summed E-state index contributed by atoms with van der Waals surface area (Å²) in [5.41, 5.74) is 2.30. The molecule has 2 atom stereocenters. The quantitative estimate of drug-likeness (QED) is 0.861. The fourth-order valence-corrected chi connectivity index (χ4v) is 3.70. The Labute approximate surface area is 142 Å². The van der Waals surface area contributed by atoms with E-state index in [9.17, 15) is 9.18 Å². The Hall–Kier alpha value is -2.17. The van der Waals surface area contributed by atoms with E-state index in [4.69, 9.17) is 0 Å². The summed E-state index contributed by atoms with van der Waals surface area (Å²) in [5.74, 6) is 0.819. The van der Waals surface area contributed by atoms with Crippen molar-refractivity contribution < 1.29 is 9.18 Å². The van der Waals surface area contributed by atoms with Crippen LogP contribution >= 0.6 is 0 Å². The zero-order valence-electron chi connectivity index (χ0n) is 14.5. The minimum atomic E-state index is -0.281. The van der Waals surface area contributed by atoms with Gasteiger partial charge in [-0.05, 0) is 48.9 Å². The van der Waals surface area contributed by atoms with Crippen LogP contribution in [0.5, 0.6) is 0 Å². The number of likely N-dealkylation sites (tertiary alicyclic amines) is 1. The van der Waals surface area contributed by atoms with Crippen molar-refractivity contribution in [2.24, 2.45) is 11.8 Å². The Morgan fingerprint density at radius 2 is 1.83 bits per heavy atom. The Morgan fingerprint density at radius 3 is 2.42 bits per heavy atom. The van der Waals surface area contributed by atoms with Crippen molar-refractivity contribution in [3.63, 3.8) is 0 Å². The van der Waals surface area contributed by atoms with Gasteiger partial charge in [-0.25, -0.2) is 9.07 Å². The molecule has 128 valence electrons. The van der Waals surface area contributed by atoms with Gasteiger partial charge in [-0.3, -0.25) is 4.79 Å². The van der Waals surface area contributed by atoms with Gasteiger partial charge < -0.3 is 4.90 Å². The summed E-state index contributed by atoms with van der Waals surface area (Å²) in [5, 5.41) is 4.39. The van der Waals surface area contributed by atoms with E-state index >= 15 is 0 Å². The van der Waals surface area contributed by atoms with Gasteiger partial charge in [-0.2, -0.15) is 5.10 Å². The number of hydrogen-bond donors (Lipinski definition) is 0. The molecule has 2 aromatic rings. The first-order chi connectivity index (χ1) is 11.5. The van der Waals surface area contributed by atoms with Crippen molar-refractivity contribution in [3.8, 4) is 5.69 Å². The summed E-state index contributed by atoms with van der Waals surface area (Å²) in [7, 11) is 0. The van der Waals surface area contributed by atoms with E-state index in [2.05, 4.69) is 18.9 Å². The maximum atomic E-state index is 13.1. The molecule has 0 aliphatic carbocycles. The van der Waals surface area contributed by atoms with Gasteiger partial charge in [0.25, 0.3) is 5.91 Å². The minimum absolute atomic E-state index is 0.0543. The Balaban J connectivity index is 1.91. The van der Waals surface area contributed by atoms with Gasteiger partial charge in [-0.15, -0.1) is 0 Å². The summed E-state index contributed by atoms with van der Waals surface area (Å²) in [6, 6.07) is 6.18. The van der Waals surface area contributed by atoms with Crippen LogP contribution in [0.4, 0.5) is 4.39 Å². The average Bonchev–Trinajstić information content (AvgIpc) is 2.97. The van der Waals surface area contributed by atoms with Crippen LogP contribution in [0.15, 0.2) is 30.5 Å². The molecule has 5 heteroatoms. The highest BCUT2D eigenvalue weighted by Gasteiger charge is 2.28. The first kappa shape index (κ1) is 16.7. The van der Waals surface area contributed by atoms with Crippen molar-refractivity contribution in [1.82, 2.24) is 14.7 Å². The highest BCUT2D eigenvalue weighted by Crippen LogP contribution is 2.24. The first-order valence-corrected chi connectivity index (χ1v) is 8.61. The molecule has 0 bridgehead atoms. The molecule has 2 unspecified atom stereocenters. The molecule has 3 rings (SSSR count). The molecule has 1 saturated heterocycles. The maximum Gasteiger partial charge on any atom is 0.257 e. The fourth-order valence-electron chi connectivity index (χ4n) is 3.70. The number of carbonyl (C=O) groups is 1. The van der Waals surface area contributed by atoms with Crippen molar-refractivity contribution in [1.29, 1.82) is 0 Å². The van der Waals surface area contributed by atoms with Crippen molar-refractivity contribution in [3.05, 3.63) is 47.5 Å². The fraction of sp³-hybridized carbons (Fsp3) is 0.474. The van der Waals surface area contributed by atoms with Crippen molar-refractivity contribution in [2.75, 3.05) is 13.1 Å². The summed E-state index contributed by atoms with van der Waals surface area (Å²) < 4.78 is 14.9. The van der Waals surface area contributed by atoms with Gasteiger partial charge in [0.2, 0.25) is 0 Å². The van der Waals surface area contributed by atoms with E-state index < -0.39 is 0 Å². The van der Waals surface area contributed by atoms with E-state index in [0.29, 0.717) is 23.8 Å². The van der Waals surface area contributed by atoms with Crippen LogP contribution in [0.25, 0.3) is 5.69 Å². The van der Waals surface area contributed by atoms with E-state index in [1.54, 1.807) is 23.0 Å². The molecule has 0 spiro atoms. The standard InChI is InChI=1S/C19H24FN3O/c1-4-18-17(19(24)22-11-13(2)9-14(3)12-22)10-21-23(18)16-7-5-15(20)6-8-16/h5-8,10,13-14H,4,9,11-12H2,1-3H3. The summed E-state index contributed by atoms with van der Waals surface area (Å²) in [6.45, 7) is 7.99. The number of halogens is 1. The number of amides is 1. The Bertz CT molecular complexity index is 713. The van der Waals surface area contributed by atoms with Gasteiger partial charge in [0.15, 0.2) is 0 Å². The number of hydrogen-bond acceptors (Lipinski definition) is 2. The largest absolute Gasteiger partial charge is 0.338 e. The van der Waals surface area contributed by atoms with Gasteiger partial charge in [0, 0.05) is 13.1 Å². The lowest BCUT2D eigenvalue weighted by Gasteiger charge is -2.35. The van der Waals surface area contributed by atoms with Crippen LogP contribution in [0, 0.1) is 17.7 Å². The molecule has 1 aromatic carbocycles. The van der Waals surface area contributed by atoms with Gasteiger partial charge in [-0.1, -0.05) is 20.8 Å². The lowest BCUT2D eigenvalue weighted by molar-refractivity contribution is 0.0622. The Morgan fingerprint density at radius 1 is 1.21 bits per heavy atom. The third-order valence-electron chi connectivity index (χ3n) is 4.66. The van der Waals surface area contributed by atoms with E-state index in [1.165, 1.54) is 18.6 Å². The van der Waals surface area contributed by atoms with Crippen molar-refractivity contribution in [2.45, 2.75) is 33.6 Å². The van der Waals surface area contributed by atoms with Crippen LogP contribution in [-0.4, -0.2) is 33.7 Å². The van der Waals surface area contributed by atoms with Crippen LogP contribution in [0.1, 0.15) is 43.2 Å². The van der Waals surface area contributed by atoms with Crippen molar-refractivity contribution >= 4 is 5.91 Å². The second kappa shape index (κ2) is 6.75.